The molecule has 2 heterocycles. The van der Waals surface area contributed by atoms with Gasteiger partial charge in [0, 0.05) is 23.8 Å². The number of nitrogens with zero attached hydrogens (tertiary/aromatic N) is 4. The van der Waals surface area contributed by atoms with Gasteiger partial charge in [-0.3, -0.25) is 0 Å². The fourth-order valence-electron chi connectivity index (χ4n) is 2.36. The van der Waals surface area contributed by atoms with Gasteiger partial charge in [0.15, 0.2) is 17.4 Å². The fourth-order valence-corrected chi connectivity index (χ4v) is 3.25. The van der Waals surface area contributed by atoms with Crippen molar-refractivity contribution in [1.82, 2.24) is 19.7 Å². The maximum absolute atomic E-state index is 13.8. The quantitative estimate of drug-likeness (QED) is 0.660. The number of methoxy groups -OCH3 is 1. The van der Waals surface area contributed by atoms with Gasteiger partial charge in [0.1, 0.15) is 5.03 Å². The summed E-state index contributed by atoms with van der Waals surface area (Å²) in [6, 6.07) is 6.94. The van der Waals surface area contributed by atoms with Crippen LogP contribution in [0.1, 0.15) is 17.0 Å². The summed E-state index contributed by atoms with van der Waals surface area (Å²) in [5.41, 5.74) is 2.76. The van der Waals surface area contributed by atoms with Gasteiger partial charge in [-0.15, -0.1) is 0 Å². The Morgan fingerprint density at radius 1 is 1.17 bits per heavy atom. The van der Waals surface area contributed by atoms with Crippen LogP contribution in [0.2, 0.25) is 0 Å². The average molecular weight is 344 g/mol. The molecule has 0 bridgehead atoms. The van der Waals surface area contributed by atoms with Crippen molar-refractivity contribution < 1.29 is 9.13 Å². The Morgan fingerprint density at radius 2 is 1.96 bits per heavy atom. The Bertz CT molecular complexity index is 866. The third-order valence-corrected chi connectivity index (χ3v) is 4.49. The maximum atomic E-state index is 13.8. The van der Waals surface area contributed by atoms with Crippen molar-refractivity contribution in [2.75, 3.05) is 7.11 Å². The van der Waals surface area contributed by atoms with E-state index >= 15 is 0 Å². The van der Waals surface area contributed by atoms with Gasteiger partial charge in [0.05, 0.1) is 12.8 Å². The number of aryl methyl sites for hydroxylation is 2. The first-order chi connectivity index (χ1) is 11.6. The van der Waals surface area contributed by atoms with Crippen LogP contribution in [0.3, 0.4) is 0 Å². The molecule has 0 amide bonds. The smallest absolute Gasteiger partial charge is 0.186 e. The van der Waals surface area contributed by atoms with Crippen LogP contribution < -0.4 is 4.74 Å². The highest BCUT2D eigenvalue weighted by Crippen LogP contribution is 2.27. The lowest BCUT2D eigenvalue weighted by atomic mass is 10.2. The summed E-state index contributed by atoms with van der Waals surface area (Å²) in [5.74, 6) is 1.13. The van der Waals surface area contributed by atoms with Crippen molar-refractivity contribution in [3.05, 3.63) is 59.4 Å². The normalized spacial score (nSPS) is 10.8. The van der Waals surface area contributed by atoms with Gasteiger partial charge >= 0.3 is 0 Å². The predicted molar refractivity (Wildman–Crippen MR) is 91.1 cm³/mol. The second-order valence-corrected chi connectivity index (χ2v) is 6.25. The molecule has 0 saturated heterocycles. The van der Waals surface area contributed by atoms with Crippen molar-refractivity contribution in [3.63, 3.8) is 0 Å². The molecule has 3 aromatic rings. The molecule has 0 spiro atoms. The topological polar surface area (TPSA) is 52.8 Å². The molecule has 124 valence electrons. The lowest BCUT2D eigenvalue weighted by Gasteiger charge is -2.09. The first-order valence-electron chi connectivity index (χ1n) is 7.38. The highest BCUT2D eigenvalue weighted by atomic mass is 32.2. The Hall–Kier alpha value is -2.41. The largest absolute Gasteiger partial charge is 0.494 e. The number of rotatable bonds is 5. The lowest BCUT2D eigenvalue weighted by Crippen LogP contribution is -2.05. The second-order valence-electron chi connectivity index (χ2n) is 5.28. The van der Waals surface area contributed by atoms with Crippen molar-refractivity contribution in [2.45, 2.75) is 24.6 Å². The highest BCUT2D eigenvalue weighted by Gasteiger charge is 2.12. The van der Waals surface area contributed by atoms with Crippen LogP contribution in [0, 0.1) is 19.7 Å². The zero-order valence-electron chi connectivity index (χ0n) is 13.7. The zero-order chi connectivity index (χ0) is 17.1. The molecule has 1 aromatic carbocycles. The molecule has 7 heteroatoms. The van der Waals surface area contributed by atoms with Crippen LogP contribution in [0.4, 0.5) is 4.39 Å². The number of halogens is 1. The molecule has 0 saturated carbocycles. The minimum atomic E-state index is -0.367. The van der Waals surface area contributed by atoms with E-state index in [4.69, 9.17) is 4.74 Å². The van der Waals surface area contributed by atoms with E-state index in [2.05, 4.69) is 15.1 Å². The molecule has 0 radical (unpaired) electrons. The van der Waals surface area contributed by atoms with Gasteiger partial charge < -0.3 is 4.74 Å². The molecule has 0 unspecified atom stereocenters. The summed E-state index contributed by atoms with van der Waals surface area (Å²) in [7, 11) is 1.45. The summed E-state index contributed by atoms with van der Waals surface area (Å²) in [5, 5.41) is 5.21. The van der Waals surface area contributed by atoms with Gasteiger partial charge in [-0.1, -0.05) is 17.8 Å². The minimum absolute atomic E-state index is 0.242. The monoisotopic (exact) mass is 344 g/mol. The van der Waals surface area contributed by atoms with Crippen molar-refractivity contribution in [2.24, 2.45) is 0 Å². The molecule has 5 nitrogen and oxygen atoms in total. The number of ether oxygens (including phenoxy) is 1. The van der Waals surface area contributed by atoms with E-state index in [1.807, 2.05) is 26.0 Å². The first-order valence-corrected chi connectivity index (χ1v) is 8.37. The highest BCUT2D eigenvalue weighted by molar-refractivity contribution is 7.98. The molecule has 2 aromatic heterocycles. The molecule has 0 atom stereocenters. The number of thioether (sulfide) groups is 1. The average Bonchev–Trinajstić information content (AvgIpc) is 2.91. The van der Waals surface area contributed by atoms with E-state index in [9.17, 15) is 4.39 Å². The van der Waals surface area contributed by atoms with Gasteiger partial charge in [0.25, 0.3) is 0 Å². The van der Waals surface area contributed by atoms with Crippen LogP contribution in [-0.2, 0) is 5.75 Å². The van der Waals surface area contributed by atoms with E-state index in [1.54, 1.807) is 23.1 Å². The van der Waals surface area contributed by atoms with E-state index in [0.717, 1.165) is 22.0 Å². The van der Waals surface area contributed by atoms with E-state index in [1.165, 1.54) is 24.9 Å². The van der Waals surface area contributed by atoms with Gasteiger partial charge in [-0.05, 0) is 37.6 Å². The molecule has 3 rings (SSSR count). The van der Waals surface area contributed by atoms with E-state index in [0.29, 0.717) is 11.6 Å². The number of aromatic nitrogens is 4. The van der Waals surface area contributed by atoms with Crippen LogP contribution in [0.25, 0.3) is 5.82 Å². The van der Waals surface area contributed by atoms with Gasteiger partial charge in [0.2, 0.25) is 0 Å². The minimum Gasteiger partial charge on any atom is -0.494 e. The molecule has 0 aliphatic carbocycles. The van der Waals surface area contributed by atoms with Crippen LogP contribution in [0.5, 0.6) is 5.75 Å². The van der Waals surface area contributed by atoms with E-state index < -0.39 is 0 Å². The van der Waals surface area contributed by atoms with Crippen molar-refractivity contribution >= 4 is 11.8 Å². The third kappa shape index (κ3) is 3.41. The summed E-state index contributed by atoms with van der Waals surface area (Å²) in [4.78, 5) is 8.80. The molecule has 24 heavy (non-hydrogen) atoms. The fraction of sp³-hybridized carbons (Fsp3) is 0.235. The SMILES string of the molecule is COc1ccc(CSc2nccnc2-n2nc(C)cc2C)cc1F. The van der Waals surface area contributed by atoms with E-state index in [-0.39, 0.29) is 11.6 Å². The predicted octanol–water partition coefficient (Wildman–Crippen LogP) is 3.72. The number of hydrogen-bond donors (Lipinski definition) is 0. The standard InChI is InChI=1S/C17H17FN4OS/c1-11-8-12(2)22(21-11)16-17(20-7-6-19-16)24-10-13-4-5-15(23-3)14(18)9-13/h4-9H,10H2,1-3H3. The number of benzene rings is 1. The summed E-state index contributed by atoms with van der Waals surface area (Å²) in [6.07, 6.45) is 3.29. The zero-order valence-corrected chi connectivity index (χ0v) is 14.5. The maximum Gasteiger partial charge on any atom is 0.186 e. The first kappa shape index (κ1) is 16.4. The summed E-state index contributed by atoms with van der Waals surface area (Å²) in [6.45, 7) is 3.91. The Balaban J connectivity index is 1.84. The van der Waals surface area contributed by atoms with Crippen molar-refractivity contribution in [1.29, 1.82) is 0 Å². The number of hydrogen-bond acceptors (Lipinski definition) is 5. The Labute approximate surface area is 143 Å². The van der Waals surface area contributed by atoms with Crippen molar-refractivity contribution in [3.8, 4) is 11.6 Å². The Morgan fingerprint density at radius 3 is 2.62 bits per heavy atom. The van der Waals surface area contributed by atoms with Gasteiger partial charge in [-0.25, -0.2) is 19.0 Å². The molecular formula is C17H17FN4OS. The van der Waals surface area contributed by atoms with Crippen LogP contribution in [-0.4, -0.2) is 26.9 Å². The molecule has 0 fully saturated rings. The molecular weight excluding hydrogens is 327 g/mol. The van der Waals surface area contributed by atoms with Gasteiger partial charge in [-0.2, -0.15) is 5.10 Å². The molecule has 0 aliphatic heterocycles. The molecule has 0 N–H and O–H groups in total. The summed E-state index contributed by atoms with van der Waals surface area (Å²) >= 11 is 1.49. The molecule has 0 aliphatic rings. The second kappa shape index (κ2) is 7.00. The Kier molecular flexibility index (Phi) is 4.80. The van der Waals surface area contributed by atoms with Crippen LogP contribution in [0.15, 0.2) is 41.7 Å². The summed E-state index contributed by atoms with van der Waals surface area (Å²) < 4.78 is 20.5. The third-order valence-electron chi connectivity index (χ3n) is 3.45. The lowest BCUT2D eigenvalue weighted by molar-refractivity contribution is 0.386. The van der Waals surface area contributed by atoms with Crippen LogP contribution >= 0.6 is 11.8 Å².